The summed E-state index contributed by atoms with van der Waals surface area (Å²) in [4.78, 5) is 2.29. The normalized spacial score (nSPS) is 24.3. The van der Waals surface area contributed by atoms with Crippen molar-refractivity contribution < 1.29 is 9.13 Å². The molecule has 1 saturated heterocycles. The summed E-state index contributed by atoms with van der Waals surface area (Å²) in [6, 6.07) is 5.00. The largest absolute Gasteiger partial charge is 0.377 e. The second kappa shape index (κ2) is 5.57. The van der Waals surface area contributed by atoms with Crippen molar-refractivity contribution in [3.63, 3.8) is 0 Å². The first kappa shape index (κ1) is 13.8. The van der Waals surface area contributed by atoms with Crippen molar-refractivity contribution in [3.05, 3.63) is 29.6 Å². The van der Waals surface area contributed by atoms with Gasteiger partial charge in [-0.3, -0.25) is 0 Å². The Hall–Kier alpha value is -0.610. The van der Waals surface area contributed by atoms with Gasteiger partial charge < -0.3 is 9.64 Å². The summed E-state index contributed by atoms with van der Waals surface area (Å²) in [7, 11) is 1.76. The van der Waals surface area contributed by atoms with Crippen LogP contribution in [0.25, 0.3) is 0 Å². The third kappa shape index (κ3) is 2.86. The molecule has 0 bridgehead atoms. The van der Waals surface area contributed by atoms with E-state index in [1.165, 1.54) is 6.07 Å². The van der Waals surface area contributed by atoms with Crippen LogP contribution >= 0.6 is 15.9 Å². The second-order valence-electron chi connectivity index (χ2n) is 5.09. The molecule has 0 radical (unpaired) electrons. The van der Waals surface area contributed by atoms with E-state index in [1.807, 2.05) is 6.07 Å². The van der Waals surface area contributed by atoms with E-state index in [1.54, 1.807) is 13.2 Å². The quantitative estimate of drug-likeness (QED) is 0.788. The predicted molar refractivity (Wildman–Crippen MR) is 75.9 cm³/mol. The van der Waals surface area contributed by atoms with Crippen molar-refractivity contribution in [1.82, 2.24) is 0 Å². The lowest BCUT2D eigenvalue weighted by molar-refractivity contribution is -0.00467. The molecule has 1 unspecified atom stereocenters. The van der Waals surface area contributed by atoms with Crippen LogP contribution in [0.1, 0.15) is 25.3 Å². The zero-order valence-electron chi connectivity index (χ0n) is 10.9. The number of anilines is 1. The van der Waals surface area contributed by atoms with E-state index < -0.39 is 0 Å². The number of methoxy groups -OCH3 is 1. The SMILES string of the molecule is COC1(C)CCCN(c2ccc(F)cc2CBr)C1. The number of hydrogen-bond acceptors (Lipinski definition) is 2. The van der Waals surface area contributed by atoms with Crippen LogP contribution < -0.4 is 4.90 Å². The summed E-state index contributed by atoms with van der Waals surface area (Å²) in [6.45, 7) is 4.00. The molecule has 1 aliphatic rings. The Labute approximate surface area is 116 Å². The molecule has 0 saturated carbocycles. The van der Waals surface area contributed by atoms with Crippen molar-refractivity contribution in [2.45, 2.75) is 30.7 Å². The van der Waals surface area contributed by atoms with E-state index in [0.717, 1.165) is 37.2 Å². The Morgan fingerprint density at radius 2 is 2.28 bits per heavy atom. The summed E-state index contributed by atoms with van der Waals surface area (Å²) >= 11 is 3.43. The Bertz CT molecular complexity index is 426. The number of alkyl halides is 1. The van der Waals surface area contributed by atoms with Gasteiger partial charge in [-0.25, -0.2) is 4.39 Å². The van der Waals surface area contributed by atoms with E-state index in [4.69, 9.17) is 4.74 Å². The molecule has 0 spiro atoms. The molecular weight excluding hydrogens is 297 g/mol. The fraction of sp³-hybridized carbons (Fsp3) is 0.571. The van der Waals surface area contributed by atoms with Crippen LogP contribution in [0.3, 0.4) is 0 Å². The molecule has 1 aromatic carbocycles. The molecule has 100 valence electrons. The van der Waals surface area contributed by atoms with Gasteiger partial charge in [0.05, 0.1) is 5.60 Å². The second-order valence-corrected chi connectivity index (χ2v) is 5.65. The van der Waals surface area contributed by atoms with E-state index in [0.29, 0.717) is 5.33 Å². The molecule has 1 heterocycles. The molecule has 2 nitrogen and oxygen atoms in total. The lowest BCUT2D eigenvalue weighted by Gasteiger charge is -2.41. The minimum absolute atomic E-state index is 0.101. The summed E-state index contributed by atoms with van der Waals surface area (Å²) in [5.41, 5.74) is 2.00. The fourth-order valence-corrected chi connectivity index (χ4v) is 3.00. The molecule has 0 N–H and O–H groups in total. The topological polar surface area (TPSA) is 12.5 Å². The highest BCUT2D eigenvalue weighted by Gasteiger charge is 2.31. The van der Waals surface area contributed by atoms with Gasteiger partial charge in [0, 0.05) is 31.2 Å². The van der Waals surface area contributed by atoms with E-state index in [9.17, 15) is 4.39 Å². The van der Waals surface area contributed by atoms with Crippen LogP contribution in [0.15, 0.2) is 18.2 Å². The maximum absolute atomic E-state index is 13.3. The van der Waals surface area contributed by atoms with E-state index in [2.05, 4.69) is 27.8 Å². The molecule has 1 fully saturated rings. The minimum atomic E-state index is -0.181. The number of nitrogens with zero attached hydrogens (tertiary/aromatic N) is 1. The van der Waals surface area contributed by atoms with Crippen molar-refractivity contribution in [3.8, 4) is 0 Å². The number of benzene rings is 1. The molecule has 18 heavy (non-hydrogen) atoms. The average molecular weight is 316 g/mol. The first-order valence-corrected chi connectivity index (χ1v) is 7.34. The van der Waals surface area contributed by atoms with Crippen LogP contribution in [0, 0.1) is 5.82 Å². The lowest BCUT2D eigenvalue weighted by atomic mass is 9.94. The highest BCUT2D eigenvalue weighted by atomic mass is 79.9. The Balaban J connectivity index is 2.25. The van der Waals surface area contributed by atoms with Gasteiger partial charge in [-0.05, 0) is 43.5 Å². The van der Waals surface area contributed by atoms with E-state index >= 15 is 0 Å². The van der Waals surface area contributed by atoms with Crippen molar-refractivity contribution in [1.29, 1.82) is 0 Å². The van der Waals surface area contributed by atoms with Crippen LogP contribution in [0.2, 0.25) is 0 Å². The van der Waals surface area contributed by atoms with Crippen molar-refractivity contribution >= 4 is 21.6 Å². The summed E-state index contributed by atoms with van der Waals surface area (Å²) in [6.07, 6.45) is 2.17. The fourth-order valence-electron chi connectivity index (χ4n) is 2.55. The molecule has 0 aliphatic carbocycles. The van der Waals surface area contributed by atoms with Gasteiger partial charge in [0.1, 0.15) is 5.82 Å². The summed E-state index contributed by atoms with van der Waals surface area (Å²) < 4.78 is 18.9. The van der Waals surface area contributed by atoms with Gasteiger partial charge in [-0.1, -0.05) is 15.9 Å². The van der Waals surface area contributed by atoms with Crippen LogP contribution in [0.4, 0.5) is 10.1 Å². The van der Waals surface area contributed by atoms with Gasteiger partial charge in [0.15, 0.2) is 0 Å². The van der Waals surface area contributed by atoms with Gasteiger partial charge in [-0.15, -0.1) is 0 Å². The van der Waals surface area contributed by atoms with Crippen LogP contribution in [-0.4, -0.2) is 25.8 Å². The van der Waals surface area contributed by atoms with Gasteiger partial charge in [0.2, 0.25) is 0 Å². The first-order chi connectivity index (χ1) is 8.58. The Kier molecular flexibility index (Phi) is 4.28. The molecule has 0 amide bonds. The monoisotopic (exact) mass is 315 g/mol. The molecule has 4 heteroatoms. The standard InChI is InChI=1S/C14H19BrFNO/c1-14(18-2)6-3-7-17(10-14)13-5-4-12(16)8-11(13)9-15/h4-5,8H,3,6-7,9-10H2,1-2H3. The molecule has 2 rings (SSSR count). The van der Waals surface area contributed by atoms with Gasteiger partial charge >= 0.3 is 0 Å². The number of piperidine rings is 1. The smallest absolute Gasteiger partial charge is 0.123 e. The van der Waals surface area contributed by atoms with Gasteiger partial charge in [-0.2, -0.15) is 0 Å². The third-order valence-corrected chi connectivity index (χ3v) is 4.28. The predicted octanol–water partition coefficient (Wildman–Crippen LogP) is 3.73. The number of halogens is 2. The highest BCUT2D eigenvalue weighted by molar-refractivity contribution is 9.08. The zero-order valence-corrected chi connectivity index (χ0v) is 12.5. The molecular formula is C14H19BrFNO. The minimum Gasteiger partial charge on any atom is -0.377 e. The molecule has 1 aliphatic heterocycles. The number of ether oxygens (including phenoxy) is 1. The summed E-state index contributed by atoms with van der Waals surface area (Å²) in [5, 5.41) is 0.667. The Morgan fingerprint density at radius 1 is 1.50 bits per heavy atom. The van der Waals surface area contributed by atoms with Crippen molar-refractivity contribution in [2.24, 2.45) is 0 Å². The first-order valence-electron chi connectivity index (χ1n) is 6.22. The molecule has 1 atom stereocenters. The van der Waals surface area contributed by atoms with Crippen LogP contribution in [0.5, 0.6) is 0 Å². The Morgan fingerprint density at radius 3 is 2.94 bits per heavy atom. The van der Waals surface area contributed by atoms with Crippen LogP contribution in [-0.2, 0) is 10.1 Å². The maximum atomic E-state index is 13.3. The van der Waals surface area contributed by atoms with E-state index in [-0.39, 0.29) is 11.4 Å². The highest BCUT2D eigenvalue weighted by Crippen LogP contribution is 2.31. The lowest BCUT2D eigenvalue weighted by Crippen LogP contribution is -2.47. The van der Waals surface area contributed by atoms with Crippen molar-refractivity contribution in [2.75, 3.05) is 25.1 Å². The third-order valence-electron chi connectivity index (χ3n) is 3.68. The number of rotatable bonds is 3. The zero-order chi connectivity index (χ0) is 13.2. The summed E-state index contributed by atoms with van der Waals surface area (Å²) in [5.74, 6) is -0.181. The molecule has 0 aromatic heterocycles. The number of hydrogen-bond donors (Lipinski definition) is 0. The average Bonchev–Trinajstić information content (AvgIpc) is 2.38. The molecule has 1 aromatic rings. The van der Waals surface area contributed by atoms with Gasteiger partial charge in [0.25, 0.3) is 0 Å². The maximum Gasteiger partial charge on any atom is 0.123 e.